The number of halogens is 1. The fraction of sp³-hybridized carbons (Fsp3) is 0.179. The maximum absolute atomic E-state index is 14.6. The molecule has 0 atom stereocenters. The molecule has 4 aromatic heterocycles. The lowest BCUT2D eigenvalue weighted by Gasteiger charge is -2.12. The first-order valence-corrected chi connectivity index (χ1v) is 12.2. The molecule has 0 bridgehead atoms. The summed E-state index contributed by atoms with van der Waals surface area (Å²) in [5, 5.41) is 11.5. The highest BCUT2D eigenvalue weighted by Gasteiger charge is 2.17. The highest BCUT2D eigenvalue weighted by atomic mass is 19.1. The number of nitrogens with zero attached hydrogens (tertiary/aromatic N) is 6. The van der Waals surface area contributed by atoms with Gasteiger partial charge in [0.1, 0.15) is 17.0 Å². The number of aliphatic imine (C=N–C) groups is 1. The van der Waals surface area contributed by atoms with E-state index in [0.717, 1.165) is 28.7 Å². The van der Waals surface area contributed by atoms with E-state index in [1.165, 1.54) is 12.1 Å². The number of imidazole rings is 1. The molecule has 4 heterocycles. The van der Waals surface area contributed by atoms with Crippen LogP contribution in [0, 0.1) is 5.82 Å². The van der Waals surface area contributed by atoms with Crippen LogP contribution in [0.25, 0.3) is 50.5 Å². The van der Waals surface area contributed by atoms with Gasteiger partial charge in [-0.15, -0.1) is 0 Å². The minimum atomic E-state index is -0.346. The Morgan fingerprint density at radius 3 is 2.87 bits per heavy atom. The summed E-state index contributed by atoms with van der Waals surface area (Å²) in [5.41, 5.74) is 6.16. The van der Waals surface area contributed by atoms with Gasteiger partial charge in [0.25, 0.3) is 0 Å². The van der Waals surface area contributed by atoms with E-state index in [1.807, 2.05) is 45.3 Å². The van der Waals surface area contributed by atoms with Crippen LogP contribution in [0.4, 0.5) is 10.1 Å². The molecule has 3 N–H and O–H groups in total. The molecule has 0 aliphatic carbocycles. The summed E-state index contributed by atoms with van der Waals surface area (Å²) in [5.74, 6) is 0.231. The number of hydrogen-bond acceptors (Lipinski definition) is 7. The van der Waals surface area contributed by atoms with Gasteiger partial charge in [-0.2, -0.15) is 5.10 Å². The van der Waals surface area contributed by atoms with Crippen LogP contribution in [0.5, 0.6) is 0 Å². The third-order valence-corrected chi connectivity index (χ3v) is 5.99. The Kier molecular flexibility index (Phi) is 7.05. The number of pyridine rings is 2. The van der Waals surface area contributed by atoms with Crippen molar-refractivity contribution in [3.63, 3.8) is 0 Å². The molecule has 5 rings (SSSR count). The van der Waals surface area contributed by atoms with Crippen LogP contribution < -0.4 is 5.32 Å². The van der Waals surface area contributed by atoms with Crippen molar-refractivity contribution in [3.05, 3.63) is 72.8 Å². The van der Waals surface area contributed by atoms with E-state index in [4.69, 9.17) is 4.98 Å². The minimum absolute atomic E-state index is 0.346. The molecular weight excluding hydrogens is 481 g/mol. The first-order chi connectivity index (χ1) is 18.5. The standard InChI is InChI=1S/C28H28FN9/c1-5-8-31-22(6-2)18-14-21-25(36-37-27(21)33-16-18)28-34-23-7-9-32-24(26(23)35-28)17-12-19(29)15-20(13-17)30-10-11-38(3)4/h5-9,12-16,30H,1,10-11H2,2-4H3,(H,34,35)(H,33,36,37)/b22-6-,31-8?. The normalized spacial score (nSPS) is 12.3. The number of aromatic amines is 2. The van der Waals surface area contributed by atoms with Crippen molar-refractivity contribution in [1.29, 1.82) is 0 Å². The Labute approximate surface area is 219 Å². The van der Waals surface area contributed by atoms with E-state index >= 15 is 0 Å². The molecule has 0 aliphatic rings. The van der Waals surface area contributed by atoms with Gasteiger partial charge in [-0.05, 0) is 51.4 Å². The number of rotatable bonds is 9. The van der Waals surface area contributed by atoms with Crippen LogP contribution in [-0.4, -0.2) is 68.4 Å². The van der Waals surface area contributed by atoms with Gasteiger partial charge < -0.3 is 15.2 Å². The molecule has 192 valence electrons. The number of allylic oxidation sites excluding steroid dienone is 2. The number of benzene rings is 1. The molecule has 0 saturated heterocycles. The second-order valence-electron chi connectivity index (χ2n) is 8.98. The van der Waals surface area contributed by atoms with E-state index in [9.17, 15) is 4.39 Å². The zero-order valence-electron chi connectivity index (χ0n) is 21.5. The smallest absolute Gasteiger partial charge is 0.181 e. The van der Waals surface area contributed by atoms with Gasteiger partial charge in [0.05, 0.1) is 22.3 Å². The predicted molar refractivity (Wildman–Crippen MR) is 152 cm³/mol. The van der Waals surface area contributed by atoms with Crippen molar-refractivity contribution >= 4 is 39.7 Å². The number of fused-ring (bicyclic) bond motifs is 2. The largest absolute Gasteiger partial charge is 0.384 e. The molecule has 38 heavy (non-hydrogen) atoms. The second-order valence-corrected chi connectivity index (χ2v) is 8.98. The molecular formula is C28H28FN9. The van der Waals surface area contributed by atoms with Gasteiger partial charge in [-0.3, -0.25) is 15.1 Å². The molecule has 9 nitrogen and oxygen atoms in total. The molecule has 0 radical (unpaired) electrons. The average Bonchev–Trinajstić information content (AvgIpc) is 3.52. The van der Waals surface area contributed by atoms with Crippen LogP contribution in [0.15, 0.2) is 66.4 Å². The van der Waals surface area contributed by atoms with Crippen LogP contribution in [0.1, 0.15) is 12.5 Å². The van der Waals surface area contributed by atoms with Gasteiger partial charge in [0.2, 0.25) is 0 Å². The quantitative estimate of drug-likeness (QED) is 0.233. The van der Waals surface area contributed by atoms with Gasteiger partial charge in [-0.25, -0.2) is 14.4 Å². The zero-order valence-corrected chi connectivity index (χ0v) is 21.5. The van der Waals surface area contributed by atoms with E-state index in [1.54, 1.807) is 24.7 Å². The van der Waals surface area contributed by atoms with Crippen molar-refractivity contribution in [1.82, 2.24) is 35.0 Å². The maximum atomic E-state index is 14.6. The number of nitrogens with one attached hydrogen (secondary N) is 3. The molecule has 10 heteroatoms. The van der Waals surface area contributed by atoms with Gasteiger partial charge in [-0.1, -0.05) is 18.7 Å². The fourth-order valence-electron chi connectivity index (χ4n) is 4.19. The van der Waals surface area contributed by atoms with Crippen molar-refractivity contribution in [2.45, 2.75) is 6.92 Å². The number of anilines is 1. The van der Waals surface area contributed by atoms with Crippen LogP contribution in [-0.2, 0) is 0 Å². The van der Waals surface area contributed by atoms with E-state index < -0.39 is 0 Å². The minimum Gasteiger partial charge on any atom is -0.384 e. The summed E-state index contributed by atoms with van der Waals surface area (Å²) in [6.45, 7) is 7.12. The molecule has 0 unspecified atom stereocenters. The molecule has 0 aliphatic heterocycles. The van der Waals surface area contributed by atoms with Gasteiger partial charge >= 0.3 is 0 Å². The molecule has 0 amide bonds. The number of likely N-dealkylation sites (N-methyl/N-ethyl adjacent to an activating group) is 1. The lowest BCUT2D eigenvalue weighted by molar-refractivity contribution is 0.425. The summed E-state index contributed by atoms with van der Waals surface area (Å²) >= 11 is 0. The Bertz CT molecular complexity index is 1680. The monoisotopic (exact) mass is 509 g/mol. The lowest BCUT2D eigenvalue weighted by Crippen LogP contribution is -2.20. The summed E-state index contributed by atoms with van der Waals surface area (Å²) in [6.07, 6.45) is 8.59. The predicted octanol–water partition coefficient (Wildman–Crippen LogP) is 5.29. The fourth-order valence-corrected chi connectivity index (χ4v) is 4.19. The Hall–Kier alpha value is -4.70. The first kappa shape index (κ1) is 25.0. The number of H-pyrrole nitrogens is 2. The average molecular weight is 510 g/mol. The van der Waals surface area contributed by atoms with Crippen molar-refractivity contribution in [2.75, 3.05) is 32.5 Å². The summed E-state index contributed by atoms with van der Waals surface area (Å²) < 4.78 is 14.6. The topological polar surface area (TPSA) is 111 Å². The van der Waals surface area contributed by atoms with Crippen molar-refractivity contribution < 1.29 is 4.39 Å². The Morgan fingerprint density at radius 2 is 2.08 bits per heavy atom. The molecule has 0 saturated carbocycles. The Morgan fingerprint density at radius 1 is 1.21 bits per heavy atom. The van der Waals surface area contributed by atoms with E-state index in [2.05, 4.69) is 46.9 Å². The van der Waals surface area contributed by atoms with E-state index in [0.29, 0.717) is 46.2 Å². The van der Waals surface area contributed by atoms with Crippen LogP contribution in [0.3, 0.4) is 0 Å². The Balaban J connectivity index is 1.55. The summed E-state index contributed by atoms with van der Waals surface area (Å²) in [7, 11) is 3.99. The SMILES string of the molecule is C=CC=N/C(=C\C)c1cnc2n[nH]c(-c3nc4c(-c5cc(F)cc(NCCN(C)C)c5)nccc4[nH]3)c2c1. The third kappa shape index (κ3) is 5.07. The molecule has 5 aromatic rings. The zero-order chi connectivity index (χ0) is 26.6. The van der Waals surface area contributed by atoms with Crippen molar-refractivity contribution in [3.8, 4) is 22.8 Å². The number of aromatic nitrogens is 6. The summed E-state index contributed by atoms with van der Waals surface area (Å²) in [6, 6.07) is 8.65. The van der Waals surface area contributed by atoms with Gasteiger partial charge in [0.15, 0.2) is 11.5 Å². The van der Waals surface area contributed by atoms with Crippen LogP contribution in [0.2, 0.25) is 0 Å². The second kappa shape index (κ2) is 10.7. The van der Waals surface area contributed by atoms with Crippen molar-refractivity contribution in [2.24, 2.45) is 4.99 Å². The van der Waals surface area contributed by atoms with E-state index in [-0.39, 0.29) is 5.82 Å². The first-order valence-electron chi connectivity index (χ1n) is 12.2. The maximum Gasteiger partial charge on any atom is 0.181 e. The summed E-state index contributed by atoms with van der Waals surface area (Å²) in [4.78, 5) is 23.7. The molecule has 1 aromatic carbocycles. The molecule has 0 fully saturated rings. The third-order valence-electron chi connectivity index (χ3n) is 5.99. The van der Waals surface area contributed by atoms with Crippen LogP contribution >= 0.6 is 0 Å². The highest BCUT2D eigenvalue weighted by molar-refractivity contribution is 5.96. The lowest BCUT2D eigenvalue weighted by atomic mass is 10.1. The molecule has 0 spiro atoms. The number of hydrogen-bond donors (Lipinski definition) is 3. The van der Waals surface area contributed by atoms with Gasteiger partial charge in [0, 0.05) is 48.5 Å². The highest BCUT2D eigenvalue weighted by Crippen LogP contribution is 2.32.